The topological polar surface area (TPSA) is 29.3 Å². The number of nitrogens with zero attached hydrogens (tertiary/aromatic N) is 1. The van der Waals surface area contributed by atoms with Crippen molar-refractivity contribution < 1.29 is 1.43 Å². The largest absolute Gasteiger partial charge is 0.326 e. The lowest BCUT2D eigenvalue weighted by atomic mass is 9.90. The van der Waals surface area contributed by atoms with Crippen molar-refractivity contribution in [3.63, 3.8) is 0 Å². The SMILES string of the molecule is CCC.CCCN(C)[C@H]1CCCC[C@@H]1N.[HH]. The minimum absolute atomic E-state index is 0. The van der Waals surface area contributed by atoms with Crippen LogP contribution in [-0.4, -0.2) is 30.6 Å². The van der Waals surface area contributed by atoms with Gasteiger partial charge in [-0.05, 0) is 32.9 Å². The van der Waals surface area contributed by atoms with Crippen LogP contribution in [0.4, 0.5) is 0 Å². The summed E-state index contributed by atoms with van der Waals surface area (Å²) >= 11 is 0. The van der Waals surface area contributed by atoms with Crippen molar-refractivity contribution in [2.75, 3.05) is 13.6 Å². The van der Waals surface area contributed by atoms with Crippen LogP contribution in [0.5, 0.6) is 0 Å². The molecule has 0 amide bonds. The van der Waals surface area contributed by atoms with Gasteiger partial charge in [-0.3, -0.25) is 0 Å². The summed E-state index contributed by atoms with van der Waals surface area (Å²) in [5.41, 5.74) is 6.07. The number of nitrogens with two attached hydrogens (primary N) is 1. The monoisotopic (exact) mass is 216 g/mol. The van der Waals surface area contributed by atoms with E-state index in [1.807, 2.05) is 0 Å². The van der Waals surface area contributed by atoms with E-state index in [9.17, 15) is 0 Å². The molecule has 0 heterocycles. The number of likely N-dealkylation sites (N-methyl/N-ethyl adjacent to an activating group) is 1. The maximum absolute atomic E-state index is 6.07. The Morgan fingerprint density at radius 1 is 1.20 bits per heavy atom. The van der Waals surface area contributed by atoms with E-state index in [-0.39, 0.29) is 1.43 Å². The molecule has 1 aliphatic rings. The fraction of sp³-hybridized carbons (Fsp3) is 1.00. The van der Waals surface area contributed by atoms with E-state index in [1.54, 1.807) is 0 Å². The van der Waals surface area contributed by atoms with Crippen molar-refractivity contribution in [3.05, 3.63) is 0 Å². The Balaban J connectivity index is 0. The van der Waals surface area contributed by atoms with Gasteiger partial charge < -0.3 is 10.6 Å². The van der Waals surface area contributed by atoms with E-state index in [0.29, 0.717) is 12.1 Å². The Hall–Kier alpha value is -0.0800. The van der Waals surface area contributed by atoms with Gasteiger partial charge in [-0.2, -0.15) is 0 Å². The van der Waals surface area contributed by atoms with Gasteiger partial charge in [0, 0.05) is 13.5 Å². The van der Waals surface area contributed by atoms with Gasteiger partial charge in [-0.15, -0.1) is 0 Å². The van der Waals surface area contributed by atoms with Gasteiger partial charge in [0.15, 0.2) is 0 Å². The smallest absolute Gasteiger partial charge is 0.0244 e. The average molecular weight is 216 g/mol. The van der Waals surface area contributed by atoms with Crippen LogP contribution in [0.3, 0.4) is 0 Å². The van der Waals surface area contributed by atoms with Gasteiger partial charge in [0.05, 0.1) is 0 Å². The molecule has 2 heteroatoms. The number of hydrogen-bond acceptors (Lipinski definition) is 2. The van der Waals surface area contributed by atoms with Gasteiger partial charge in [0.1, 0.15) is 0 Å². The van der Waals surface area contributed by atoms with E-state index in [4.69, 9.17) is 5.73 Å². The predicted octanol–water partition coefficient (Wildman–Crippen LogP) is 3.26. The van der Waals surface area contributed by atoms with Gasteiger partial charge in [-0.1, -0.05) is 40.0 Å². The Bertz CT molecular complexity index is 142. The van der Waals surface area contributed by atoms with E-state index in [0.717, 1.165) is 0 Å². The Labute approximate surface area is 97.7 Å². The van der Waals surface area contributed by atoms with Crippen LogP contribution in [0.15, 0.2) is 0 Å². The van der Waals surface area contributed by atoms with Crippen molar-refractivity contribution in [2.45, 2.75) is 71.4 Å². The van der Waals surface area contributed by atoms with E-state index in [1.165, 1.54) is 45.1 Å². The molecule has 94 valence electrons. The summed E-state index contributed by atoms with van der Waals surface area (Å²) in [5, 5.41) is 0. The van der Waals surface area contributed by atoms with Crippen LogP contribution < -0.4 is 5.73 Å². The molecule has 0 unspecified atom stereocenters. The number of rotatable bonds is 3. The summed E-state index contributed by atoms with van der Waals surface area (Å²) in [5.74, 6) is 0. The molecule has 0 spiro atoms. The highest BCUT2D eigenvalue weighted by Gasteiger charge is 2.24. The molecule has 1 saturated carbocycles. The van der Waals surface area contributed by atoms with Crippen LogP contribution in [0, 0.1) is 0 Å². The van der Waals surface area contributed by atoms with Crippen molar-refractivity contribution in [2.24, 2.45) is 5.73 Å². The highest BCUT2D eigenvalue weighted by molar-refractivity contribution is 4.84. The Morgan fingerprint density at radius 3 is 2.20 bits per heavy atom. The van der Waals surface area contributed by atoms with Crippen LogP contribution in [-0.2, 0) is 0 Å². The fourth-order valence-corrected chi connectivity index (χ4v) is 2.21. The minimum Gasteiger partial charge on any atom is -0.326 e. The average Bonchev–Trinajstić information content (AvgIpc) is 2.20. The zero-order chi connectivity index (χ0) is 11.7. The highest BCUT2D eigenvalue weighted by atomic mass is 15.1. The van der Waals surface area contributed by atoms with Crippen LogP contribution in [0.25, 0.3) is 0 Å². The molecule has 1 rings (SSSR count). The molecule has 1 fully saturated rings. The van der Waals surface area contributed by atoms with Crippen molar-refractivity contribution in [3.8, 4) is 0 Å². The zero-order valence-corrected chi connectivity index (χ0v) is 11.1. The minimum atomic E-state index is 0. The van der Waals surface area contributed by atoms with Crippen LogP contribution in [0.1, 0.15) is 60.7 Å². The molecule has 0 bridgehead atoms. The van der Waals surface area contributed by atoms with Crippen molar-refractivity contribution >= 4 is 0 Å². The normalized spacial score (nSPS) is 26.0. The first-order valence-electron chi connectivity index (χ1n) is 6.63. The molecule has 1 aliphatic carbocycles. The lowest BCUT2D eigenvalue weighted by Crippen LogP contribution is -2.48. The summed E-state index contributed by atoms with van der Waals surface area (Å²) in [6.45, 7) is 7.67. The lowest BCUT2D eigenvalue weighted by Gasteiger charge is -2.35. The summed E-state index contributed by atoms with van der Waals surface area (Å²) in [7, 11) is 2.21. The second-order valence-corrected chi connectivity index (χ2v) is 4.70. The summed E-state index contributed by atoms with van der Waals surface area (Å²) in [4.78, 5) is 2.43. The lowest BCUT2D eigenvalue weighted by molar-refractivity contribution is 0.169. The molecular formula is C13H32N2. The molecule has 0 aliphatic heterocycles. The molecule has 0 aromatic carbocycles. The summed E-state index contributed by atoms with van der Waals surface area (Å²) < 4.78 is 0. The molecule has 0 radical (unpaired) electrons. The van der Waals surface area contributed by atoms with Gasteiger partial charge in [0.2, 0.25) is 0 Å². The molecule has 0 aromatic rings. The fourth-order valence-electron chi connectivity index (χ4n) is 2.21. The third kappa shape index (κ3) is 6.16. The standard InChI is InChI=1S/C10H22N2.C3H8.H2/c1-3-8-12(2)10-7-5-4-6-9(10)11;1-3-2;/h9-10H,3-8,11H2,1-2H3;3H2,1-2H3;1H/t9-,10-;;/m0../s1. The first-order valence-corrected chi connectivity index (χ1v) is 6.63. The first kappa shape index (κ1) is 14.9. The Morgan fingerprint density at radius 2 is 1.73 bits per heavy atom. The molecule has 15 heavy (non-hydrogen) atoms. The maximum atomic E-state index is 6.07. The molecule has 0 aromatic heterocycles. The maximum Gasteiger partial charge on any atom is 0.0244 e. The number of hydrogen-bond donors (Lipinski definition) is 1. The third-order valence-electron chi connectivity index (χ3n) is 2.92. The molecule has 2 atom stereocenters. The second-order valence-electron chi connectivity index (χ2n) is 4.70. The van der Waals surface area contributed by atoms with Gasteiger partial charge in [-0.25, -0.2) is 0 Å². The van der Waals surface area contributed by atoms with Crippen molar-refractivity contribution in [1.82, 2.24) is 4.90 Å². The van der Waals surface area contributed by atoms with Crippen LogP contribution >= 0.6 is 0 Å². The molecule has 2 N–H and O–H groups in total. The zero-order valence-electron chi connectivity index (χ0n) is 11.1. The summed E-state index contributed by atoms with van der Waals surface area (Å²) in [6.07, 6.45) is 7.71. The first-order chi connectivity index (χ1) is 7.17. The third-order valence-corrected chi connectivity index (χ3v) is 2.92. The predicted molar refractivity (Wildman–Crippen MR) is 71.2 cm³/mol. The van der Waals surface area contributed by atoms with E-state index < -0.39 is 0 Å². The molecule has 2 nitrogen and oxygen atoms in total. The van der Waals surface area contributed by atoms with Crippen LogP contribution in [0.2, 0.25) is 0 Å². The van der Waals surface area contributed by atoms with Gasteiger partial charge in [0.25, 0.3) is 0 Å². The summed E-state index contributed by atoms with van der Waals surface area (Å²) in [6, 6.07) is 1.08. The van der Waals surface area contributed by atoms with Gasteiger partial charge >= 0.3 is 0 Å². The van der Waals surface area contributed by atoms with E-state index >= 15 is 0 Å². The molecule has 0 saturated heterocycles. The van der Waals surface area contributed by atoms with E-state index in [2.05, 4.69) is 32.7 Å². The second kappa shape index (κ2) is 9.17. The quantitative estimate of drug-likeness (QED) is 0.784. The Kier molecular flexibility index (Phi) is 9.12. The molecular weight excluding hydrogens is 184 g/mol. The van der Waals surface area contributed by atoms with Crippen molar-refractivity contribution in [1.29, 1.82) is 0 Å². The highest BCUT2D eigenvalue weighted by Crippen LogP contribution is 2.20.